The van der Waals surface area contributed by atoms with Crippen LogP contribution in [0.5, 0.6) is 0 Å². The Bertz CT molecular complexity index is 381. The maximum atomic E-state index is 6.11. The average Bonchev–Trinajstić information content (AvgIpc) is 2.56. The second kappa shape index (κ2) is 6.23. The zero-order valence-electron chi connectivity index (χ0n) is 12.7. The Morgan fingerprint density at radius 2 is 1.94 bits per heavy atom. The average molecular weight is 252 g/mol. The summed E-state index contributed by atoms with van der Waals surface area (Å²) < 4.78 is 2.00. The van der Waals surface area contributed by atoms with Crippen molar-refractivity contribution in [2.45, 2.75) is 59.5 Å². The molecule has 0 aliphatic carbocycles. The SMILES string of the molecule is CCC(N)Cc1c(C)nn(C)c1N(CC)C(C)C. The molecule has 4 heteroatoms. The third kappa shape index (κ3) is 3.05. The van der Waals surface area contributed by atoms with Crippen molar-refractivity contribution in [3.8, 4) is 0 Å². The number of nitrogens with two attached hydrogens (primary N) is 1. The second-order valence-electron chi connectivity index (χ2n) is 5.26. The summed E-state index contributed by atoms with van der Waals surface area (Å²) in [6, 6.07) is 0.693. The molecule has 1 heterocycles. The van der Waals surface area contributed by atoms with Crippen LogP contribution < -0.4 is 10.6 Å². The van der Waals surface area contributed by atoms with Crippen LogP contribution in [-0.4, -0.2) is 28.4 Å². The van der Waals surface area contributed by atoms with Gasteiger partial charge in [0.25, 0.3) is 0 Å². The van der Waals surface area contributed by atoms with Gasteiger partial charge in [-0.25, -0.2) is 0 Å². The molecule has 4 nitrogen and oxygen atoms in total. The van der Waals surface area contributed by atoms with Crippen molar-refractivity contribution in [3.63, 3.8) is 0 Å². The Morgan fingerprint density at radius 1 is 1.33 bits per heavy atom. The van der Waals surface area contributed by atoms with E-state index >= 15 is 0 Å². The van der Waals surface area contributed by atoms with E-state index in [1.165, 1.54) is 11.4 Å². The van der Waals surface area contributed by atoms with Gasteiger partial charge >= 0.3 is 0 Å². The fourth-order valence-corrected chi connectivity index (χ4v) is 2.45. The minimum absolute atomic E-state index is 0.220. The van der Waals surface area contributed by atoms with Crippen molar-refractivity contribution >= 4 is 5.82 Å². The van der Waals surface area contributed by atoms with E-state index in [1.807, 2.05) is 11.7 Å². The Hall–Kier alpha value is -1.03. The van der Waals surface area contributed by atoms with Gasteiger partial charge in [-0.1, -0.05) is 6.92 Å². The molecule has 104 valence electrons. The van der Waals surface area contributed by atoms with E-state index < -0.39 is 0 Å². The van der Waals surface area contributed by atoms with Crippen LogP contribution in [0.3, 0.4) is 0 Å². The lowest BCUT2D eigenvalue weighted by atomic mass is 10.0. The van der Waals surface area contributed by atoms with Crippen LogP contribution in [-0.2, 0) is 13.5 Å². The van der Waals surface area contributed by atoms with Gasteiger partial charge in [-0.15, -0.1) is 0 Å². The topological polar surface area (TPSA) is 47.1 Å². The molecule has 1 rings (SSSR count). The maximum absolute atomic E-state index is 6.11. The molecule has 0 radical (unpaired) electrons. The molecule has 0 saturated carbocycles. The summed E-state index contributed by atoms with van der Waals surface area (Å²) in [5.41, 5.74) is 8.53. The lowest BCUT2D eigenvalue weighted by Crippen LogP contribution is -2.33. The van der Waals surface area contributed by atoms with E-state index in [-0.39, 0.29) is 6.04 Å². The summed E-state index contributed by atoms with van der Waals surface area (Å²) in [4.78, 5) is 2.39. The first kappa shape index (κ1) is 15.0. The third-order valence-corrected chi connectivity index (χ3v) is 3.54. The molecule has 0 aromatic carbocycles. The number of aryl methyl sites for hydroxylation is 2. The monoisotopic (exact) mass is 252 g/mol. The minimum Gasteiger partial charge on any atom is -0.354 e. The van der Waals surface area contributed by atoms with Gasteiger partial charge in [0.05, 0.1) is 5.69 Å². The Kier molecular flexibility index (Phi) is 5.20. The van der Waals surface area contributed by atoms with E-state index in [9.17, 15) is 0 Å². The first-order valence-corrected chi connectivity index (χ1v) is 6.96. The van der Waals surface area contributed by atoms with Crippen molar-refractivity contribution in [2.75, 3.05) is 11.4 Å². The molecule has 0 aliphatic rings. The van der Waals surface area contributed by atoms with Gasteiger partial charge in [-0.3, -0.25) is 4.68 Å². The van der Waals surface area contributed by atoms with Crippen LogP contribution >= 0.6 is 0 Å². The summed E-state index contributed by atoms with van der Waals surface area (Å²) in [6.07, 6.45) is 1.91. The lowest BCUT2D eigenvalue weighted by molar-refractivity contribution is 0.626. The summed E-state index contributed by atoms with van der Waals surface area (Å²) in [5, 5.41) is 4.57. The highest BCUT2D eigenvalue weighted by atomic mass is 15.4. The van der Waals surface area contributed by atoms with E-state index in [2.05, 4.69) is 44.6 Å². The van der Waals surface area contributed by atoms with Crippen molar-refractivity contribution in [1.82, 2.24) is 9.78 Å². The largest absolute Gasteiger partial charge is 0.354 e. The van der Waals surface area contributed by atoms with E-state index in [4.69, 9.17) is 5.73 Å². The highest BCUT2D eigenvalue weighted by molar-refractivity contribution is 5.51. The van der Waals surface area contributed by atoms with Crippen molar-refractivity contribution in [1.29, 1.82) is 0 Å². The van der Waals surface area contributed by atoms with Crippen molar-refractivity contribution in [2.24, 2.45) is 12.8 Å². The Morgan fingerprint density at radius 3 is 2.39 bits per heavy atom. The van der Waals surface area contributed by atoms with Crippen LogP contribution in [0.25, 0.3) is 0 Å². The van der Waals surface area contributed by atoms with Gasteiger partial charge in [0.15, 0.2) is 0 Å². The number of rotatable bonds is 6. The Labute approximate surface area is 111 Å². The van der Waals surface area contributed by atoms with Crippen LogP contribution in [0.1, 0.15) is 45.4 Å². The molecule has 0 amide bonds. The summed E-state index contributed by atoms with van der Waals surface area (Å²) in [7, 11) is 2.02. The molecule has 0 fully saturated rings. The summed E-state index contributed by atoms with van der Waals surface area (Å²) >= 11 is 0. The molecule has 0 bridgehead atoms. The van der Waals surface area contributed by atoms with Crippen molar-refractivity contribution < 1.29 is 0 Å². The number of anilines is 1. The van der Waals surface area contributed by atoms with Gasteiger partial charge in [-0.05, 0) is 40.5 Å². The molecule has 0 aliphatic heterocycles. The van der Waals surface area contributed by atoms with Gasteiger partial charge in [-0.2, -0.15) is 5.10 Å². The van der Waals surface area contributed by atoms with E-state index in [0.717, 1.165) is 25.1 Å². The summed E-state index contributed by atoms with van der Waals surface area (Å²) in [5.74, 6) is 1.23. The fourth-order valence-electron chi connectivity index (χ4n) is 2.45. The zero-order valence-corrected chi connectivity index (χ0v) is 12.7. The van der Waals surface area contributed by atoms with Crippen LogP contribution in [0.4, 0.5) is 5.82 Å². The third-order valence-electron chi connectivity index (χ3n) is 3.54. The highest BCUT2D eigenvalue weighted by Gasteiger charge is 2.21. The standard InChI is InChI=1S/C14H28N4/c1-7-12(15)9-13-11(5)16-17(6)14(13)18(8-2)10(3)4/h10,12H,7-9,15H2,1-6H3. The lowest BCUT2D eigenvalue weighted by Gasteiger charge is -2.29. The van der Waals surface area contributed by atoms with Crippen LogP contribution in [0.2, 0.25) is 0 Å². The fraction of sp³-hybridized carbons (Fsp3) is 0.786. The number of hydrogen-bond acceptors (Lipinski definition) is 3. The molecule has 2 N–H and O–H groups in total. The van der Waals surface area contributed by atoms with Crippen LogP contribution in [0.15, 0.2) is 0 Å². The molecule has 0 saturated heterocycles. The smallest absolute Gasteiger partial charge is 0.130 e. The zero-order chi connectivity index (χ0) is 13.9. The highest BCUT2D eigenvalue weighted by Crippen LogP contribution is 2.26. The number of aromatic nitrogens is 2. The molecule has 1 aromatic heterocycles. The van der Waals surface area contributed by atoms with Crippen LogP contribution in [0, 0.1) is 6.92 Å². The molecule has 1 atom stereocenters. The van der Waals surface area contributed by atoms with Crippen molar-refractivity contribution in [3.05, 3.63) is 11.3 Å². The van der Waals surface area contributed by atoms with E-state index in [0.29, 0.717) is 6.04 Å². The molecule has 1 unspecified atom stereocenters. The second-order valence-corrected chi connectivity index (χ2v) is 5.26. The van der Waals surface area contributed by atoms with Gasteiger partial charge < -0.3 is 10.6 Å². The first-order chi connectivity index (χ1) is 8.42. The minimum atomic E-state index is 0.220. The van der Waals surface area contributed by atoms with Gasteiger partial charge in [0.2, 0.25) is 0 Å². The number of nitrogens with zero attached hydrogens (tertiary/aromatic N) is 3. The van der Waals surface area contributed by atoms with E-state index in [1.54, 1.807) is 0 Å². The molecular formula is C14H28N4. The predicted molar refractivity (Wildman–Crippen MR) is 78.1 cm³/mol. The predicted octanol–water partition coefficient (Wildman–Crippen LogP) is 2.24. The Balaban J connectivity index is 3.16. The molecule has 18 heavy (non-hydrogen) atoms. The number of hydrogen-bond donors (Lipinski definition) is 1. The first-order valence-electron chi connectivity index (χ1n) is 6.96. The van der Waals surface area contributed by atoms with Gasteiger partial charge in [0.1, 0.15) is 5.82 Å². The maximum Gasteiger partial charge on any atom is 0.130 e. The normalized spacial score (nSPS) is 13.1. The van der Waals surface area contributed by atoms with Gasteiger partial charge in [0, 0.05) is 31.2 Å². The molecular weight excluding hydrogens is 224 g/mol. The quantitative estimate of drug-likeness (QED) is 0.844. The molecule has 0 spiro atoms. The summed E-state index contributed by atoms with van der Waals surface area (Å²) in [6.45, 7) is 11.8. The molecule has 1 aromatic rings.